The summed E-state index contributed by atoms with van der Waals surface area (Å²) < 4.78 is 43.4. The summed E-state index contributed by atoms with van der Waals surface area (Å²) in [5.74, 6) is -0.524. The van der Waals surface area contributed by atoms with Crippen LogP contribution in [0.1, 0.15) is 24.8 Å². The summed E-state index contributed by atoms with van der Waals surface area (Å²) in [6, 6.07) is 7.69. The topological polar surface area (TPSA) is 51.0 Å². The molecule has 0 radical (unpaired) electrons. The van der Waals surface area contributed by atoms with Crippen LogP contribution < -0.4 is 0 Å². The first-order valence-corrected chi connectivity index (χ1v) is 7.72. The maximum Gasteiger partial charge on any atom is 0.415 e. The number of aryl methyl sites for hydroxylation is 1. The van der Waals surface area contributed by atoms with Crippen molar-refractivity contribution >= 4 is 5.91 Å². The van der Waals surface area contributed by atoms with Gasteiger partial charge in [0.15, 0.2) is 5.54 Å². The van der Waals surface area contributed by atoms with Crippen molar-refractivity contribution in [3.8, 4) is 0 Å². The number of likely N-dealkylation sites (tertiary alicyclic amines) is 1. The van der Waals surface area contributed by atoms with E-state index >= 15 is 0 Å². The molecule has 5 nitrogen and oxygen atoms in total. The number of benzene rings is 1. The lowest BCUT2D eigenvalue weighted by molar-refractivity contribution is -0.228. The third kappa shape index (κ3) is 2.76. The molecular formula is C16H17F3N4O. The first-order valence-electron chi connectivity index (χ1n) is 7.72. The molecule has 2 heterocycles. The largest absolute Gasteiger partial charge is 0.415 e. The number of alkyl halides is 3. The average molecular weight is 338 g/mol. The van der Waals surface area contributed by atoms with Crippen LogP contribution in [0.25, 0.3) is 0 Å². The number of nitrogens with zero attached hydrogens (tertiary/aromatic N) is 4. The second-order valence-corrected chi connectivity index (χ2v) is 5.79. The monoisotopic (exact) mass is 338 g/mol. The number of carbonyl (C=O) groups is 1. The van der Waals surface area contributed by atoms with Crippen LogP contribution in [0.2, 0.25) is 0 Å². The number of hydrogen-bond donors (Lipinski definition) is 0. The summed E-state index contributed by atoms with van der Waals surface area (Å²) >= 11 is 0. The Kier molecular flexibility index (Phi) is 4.29. The van der Waals surface area contributed by atoms with Gasteiger partial charge in [-0.3, -0.25) is 9.48 Å². The highest BCUT2D eigenvalue weighted by molar-refractivity contribution is 5.78. The van der Waals surface area contributed by atoms with Gasteiger partial charge < -0.3 is 4.90 Å². The van der Waals surface area contributed by atoms with Gasteiger partial charge in [-0.05, 0) is 18.4 Å². The molecule has 0 N–H and O–H groups in total. The Hall–Kier alpha value is -2.38. The molecule has 24 heavy (non-hydrogen) atoms. The fourth-order valence-electron chi connectivity index (χ4n) is 3.33. The molecule has 1 atom stereocenters. The lowest BCUT2D eigenvalue weighted by Gasteiger charge is -2.40. The molecule has 128 valence electrons. The van der Waals surface area contributed by atoms with Crippen LogP contribution >= 0.6 is 0 Å². The molecule has 0 aliphatic carbocycles. The summed E-state index contributed by atoms with van der Waals surface area (Å²) in [6.07, 6.45) is -1.34. The molecule has 1 unspecified atom stereocenters. The summed E-state index contributed by atoms with van der Waals surface area (Å²) in [6.45, 7) is 0.308. The van der Waals surface area contributed by atoms with Crippen molar-refractivity contribution in [1.29, 1.82) is 0 Å². The van der Waals surface area contributed by atoms with E-state index in [9.17, 15) is 18.0 Å². The van der Waals surface area contributed by atoms with Gasteiger partial charge in [0, 0.05) is 19.2 Å². The Morgan fingerprint density at radius 3 is 2.62 bits per heavy atom. The molecule has 1 amide bonds. The van der Waals surface area contributed by atoms with Gasteiger partial charge in [0.1, 0.15) is 0 Å². The number of aromatic nitrogens is 3. The maximum atomic E-state index is 14.0. The van der Waals surface area contributed by atoms with E-state index in [2.05, 4.69) is 10.3 Å². The highest BCUT2D eigenvalue weighted by Gasteiger charge is 2.62. The van der Waals surface area contributed by atoms with Gasteiger partial charge in [0.05, 0.1) is 12.7 Å². The molecule has 1 aliphatic rings. The highest BCUT2D eigenvalue weighted by Crippen LogP contribution is 2.50. The number of amides is 1. The molecule has 8 heteroatoms. The van der Waals surface area contributed by atoms with Crippen LogP contribution in [0.15, 0.2) is 42.7 Å². The highest BCUT2D eigenvalue weighted by atomic mass is 19.4. The van der Waals surface area contributed by atoms with Gasteiger partial charge in [-0.15, -0.1) is 5.10 Å². The number of halogens is 3. The first-order chi connectivity index (χ1) is 11.4. The smallest absolute Gasteiger partial charge is 0.324 e. The van der Waals surface area contributed by atoms with Crippen molar-refractivity contribution < 1.29 is 18.0 Å². The van der Waals surface area contributed by atoms with Crippen LogP contribution in [0, 0.1) is 0 Å². The minimum absolute atomic E-state index is 0.0476. The van der Waals surface area contributed by atoms with Crippen LogP contribution in [-0.2, 0) is 16.9 Å². The molecule has 1 aromatic carbocycles. The standard InChI is InChI=1S/C16H17F3N4O/c17-16(18,19)15(13-5-2-1-3-6-13)8-4-10-23(15)14(24)7-11-22-12-9-20-21-22/h1-3,5-6,9,12H,4,7-8,10-11H2. The molecule has 3 rings (SSSR count). The number of rotatable bonds is 4. The molecule has 1 aromatic heterocycles. The van der Waals surface area contributed by atoms with E-state index in [0.29, 0.717) is 6.42 Å². The Morgan fingerprint density at radius 1 is 1.25 bits per heavy atom. The summed E-state index contributed by atoms with van der Waals surface area (Å²) in [5, 5.41) is 7.35. The van der Waals surface area contributed by atoms with E-state index in [0.717, 1.165) is 4.90 Å². The Morgan fingerprint density at radius 2 is 2.00 bits per heavy atom. The second kappa shape index (κ2) is 6.26. The SMILES string of the molecule is O=C(CCn1ccnn1)N1CCCC1(c1ccccc1)C(F)(F)F. The van der Waals surface area contributed by atoms with Gasteiger partial charge in [-0.2, -0.15) is 13.2 Å². The number of hydrogen-bond acceptors (Lipinski definition) is 3. The van der Waals surface area contributed by atoms with Crippen molar-refractivity contribution in [2.45, 2.75) is 37.5 Å². The molecule has 1 saturated heterocycles. The van der Waals surface area contributed by atoms with E-state index in [1.165, 1.54) is 23.0 Å². The van der Waals surface area contributed by atoms with Gasteiger partial charge in [0.2, 0.25) is 5.91 Å². The van der Waals surface area contributed by atoms with Crippen molar-refractivity contribution in [1.82, 2.24) is 19.9 Å². The van der Waals surface area contributed by atoms with Crippen LogP contribution in [0.3, 0.4) is 0 Å². The zero-order valence-electron chi connectivity index (χ0n) is 12.9. The summed E-state index contributed by atoms with van der Waals surface area (Å²) in [4.78, 5) is 13.5. The molecule has 0 saturated carbocycles. The predicted octanol–water partition coefficient (Wildman–Crippen LogP) is 2.75. The minimum Gasteiger partial charge on any atom is -0.324 e. The zero-order chi connectivity index (χ0) is 17.2. The quantitative estimate of drug-likeness (QED) is 0.861. The van der Waals surface area contributed by atoms with Gasteiger partial charge in [-0.25, -0.2) is 0 Å². The minimum atomic E-state index is -4.53. The van der Waals surface area contributed by atoms with Crippen molar-refractivity contribution in [3.05, 3.63) is 48.3 Å². The van der Waals surface area contributed by atoms with Crippen LogP contribution in [0.5, 0.6) is 0 Å². The van der Waals surface area contributed by atoms with E-state index < -0.39 is 17.6 Å². The average Bonchev–Trinajstić information content (AvgIpc) is 3.22. The van der Waals surface area contributed by atoms with E-state index in [1.807, 2.05) is 0 Å². The molecule has 2 aromatic rings. The third-order valence-corrected chi connectivity index (χ3v) is 4.43. The Bertz CT molecular complexity index is 687. The van der Waals surface area contributed by atoms with E-state index in [1.54, 1.807) is 24.4 Å². The summed E-state index contributed by atoms with van der Waals surface area (Å²) in [5.41, 5.74) is -2.13. The number of carbonyl (C=O) groups excluding carboxylic acids is 1. The van der Waals surface area contributed by atoms with Gasteiger partial charge in [0.25, 0.3) is 0 Å². The Balaban J connectivity index is 1.89. The molecule has 0 spiro atoms. The van der Waals surface area contributed by atoms with Crippen molar-refractivity contribution in [2.24, 2.45) is 0 Å². The molecule has 1 aliphatic heterocycles. The molecule has 1 fully saturated rings. The first kappa shape index (κ1) is 16.5. The van der Waals surface area contributed by atoms with E-state index in [4.69, 9.17) is 0 Å². The van der Waals surface area contributed by atoms with Crippen LogP contribution in [-0.4, -0.2) is 38.5 Å². The third-order valence-electron chi connectivity index (χ3n) is 4.43. The molecular weight excluding hydrogens is 321 g/mol. The van der Waals surface area contributed by atoms with Gasteiger partial charge >= 0.3 is 6.18 Å². The lowest BCUT2D eigenvalue weighted by Crippen LogP contribution is -2.54. The van der Waals surface area contributed by atoms with Crippen LogP contribution in [0.4, 0.5) is 13.2 Å². The maximum absolute atomic E-state index is 14.0. The van der Waals surface area contributed by atoms with Crippen molar-refractivity contribution in [3.63, 3.8) is 0 Å². The van der Waals surface area contributed by atoms with Crippen molar-refractivity contribution in [2.75, 3.05) is 6.54 Å². The van der Waals surface area contributed by atoms with E-state index in [-0.39, 0.29) is 31.5 Å². The molecule has 0 bridgehead atoms. The predicted molar refractivity (Wildman–Crippen MR) is 79.8 cm³/mol. The zero-order valence-corrected chi connectivity index (χ0v) is 12.9. The van der Waals surface area contributed by atoms with Gasteiger partial charge in [-0.1, -0.05) is 35.5 Å². The fraction of sp³-hybridized carbons (Fsp3) is 0.438. The Labute approximate surface area is 137 Å². The fourth-order valence-corrected chi connectivity index (χ4v) is 3.33. The second-order valence-electron chi connectivity index (χ2n) is 5.79. The summed E-state index contributed by atoms with van der Waals surface area (Å²) in [7, 11) is 0. The normalized spacial score (nSPS) is 21.2. The lowest BCUT2D eigenvalue weighted by atomic mass is 9.86.